The van der Waals surface area contributed by atoms with Crippen LogP contribution in [0.15, 0.2) is 64.2 Å². The summed E-state index contributed by atoms with van der Waals surface area (Å²) in [5, 5.41) is 19.1. The Labute approximate surface area is 158 Å². The molecule has 2 aliphatic heterocycles. The quantitative estimate of drug-likeness (QED) is 0.821. The van der Waals surface area contributed by atoms with Crippen LogP contribution >= 0.6 is 15.9 Å². The molecule has 1 N–H and O–H groups in total. The van der Waals surface area contributed by atoms with Crippen molar-refractivity contribution in [3.63, 3.8) is 0 Å². The fourth-order valence-electron chi connectivity index (χ4n) is 3.07. The number of amides is 1. The Bertz CT molecular complexity index is 1010. The molecule has 6 nitrogen and oxygen atoms in total. The lowest BCUT2D eigenvalue weighted by Crippen LogP contribution is -2.33. The Kier molecular flexibility index (Phi) is 3.98. The Balaban J connectivity index is 1.86. The van der Waals surface area contributed by atoms with Crippen molar-refractivity contribution in [1.29, 1.82) is 5.26 Å². The summed E-state index contributed by atoms with van der Waals surface area (Å²) in [6.45, 7) is 0. The maximum atomic E-state index is 13.0. The van der Waals surface area contributed by atoms with Crippen molar-refractivity contribution in [3.05, 3.63) is 64.8 Å². The number of hydrogen-bond donors (Lipinski definition) is 1. The van der Waals surface area contributed by atoms with Gasteiger partial charge in [-0.2, -0.15) is 5.26 Å². The minimum atomic E-state index is -0.332. The Hall–Kier alpha value is -3.11. The molecule has 2 aliphatic rings. The van der Waals surface area contributed by atoms with E-state index >= 15 is 0 Å². The number of hydrogen-bond acceptors (Lipinski definition) is 4. The van der Waals surface area contributed by atoms with Crippen LogP contribution in [0.2, 0.25) is 0 Å². The van der Waals surface area contributed by atoms with Crippen molar-refractivity contribution in [2.75, 3.05) is 4.90 Å². The van der Waals surface area contributed by atoms with E-state index in [2.05, 4.69) is 20.9 Å². The molecule has 26 heavy (non-hydrogen) atoms. The lowest BCUT2D eigenvalue weighted by Gasteiger charge is -2.20. The van der Waals surface area contributed by atoms with Crippen LogP contribution in [0.1, 0.15) is 12.0 Å². The molecule has 2 heterocycles. The summed E-state index contributed by atoms with van der Waals surface area (Å²) in [5.41, 5.74) is 1.33. The van der Waals surface area contributed by atoms with Crippen molar-refractivity contribution in [2.45, 2.75) is 12.5 Å². The number of aromatic hydroxyl groups is 1. The van der Waals surface area contributed by atoms with Crippen molar-refractivity contribution in [3.8, 4) is 11.8 Å². The second kappa shape index (κ2) is 6.32. The van der Waals surface area contributed by atoms with E-state index in [1.807, 2.05) is 42.6 Å². The van der Waals surface area contributed by atoms with Gasteiger partial charge in [-0.25, -0.2) is 9.89 Å². The molecule has 0 radical (unpaired) electrons. The van der Waals surface area contributed by atoms with Gasteiger partial charge >= 0.3 is 0 Å². The first-order valence-corrected chi connectivity index (χ1v) is 8.75. The van der Waals surface area contributed by atoms with Crippen LogP contribution in [0.3, 0.4) is 0 Å². The van der Waals surface area contributed by atoms with E-state index in [1.165, 1.54) is 6.07 Å². The fourth-order valence-corrected chi connectivity index (χ4v) is 3.53. The lowest BCUT2D eigenvalue weighted by molar-refractivity contribution is -0.119. The largest absolute Gasteiger partial charge is 0.506 e. The zero-order valence-electron chi connectivity index (χ0n) is 13.5. The number of nitrogens with zero attached hydrogens (tertiary/aromatic N) is 4. The lowest BCUT2D eigenvalue weighted by atomic mass is 10.2. The summed E-state index contributed by atoms with van der Waals surface area (Å²) in [6.07, 6.45) is 4.37. The van der Waals surface area contributed by atoms with Gasteiger partial charge < -0.3 is 10.0 Å². The number of nitriles is 1. The number of phenols is 1. The van der Waals surface area contributed by atoms with Gasteiger partial charge in [-0.05, 0) is 52.7 Å². The zero-order chi connectivity index (χ0) is 18.3. The highest BCUT2D eigenvalue weighted by atomic mass is 79.9. The third kappa shape index (κ3) is 2.55. The number of halogens is 1. The number of anilines is 1. The second-order valence-electron chi connectivity index (χ2n) is 5.90. The van der Waals surface area contributed by atoms with Crippen molar-refractivity contribution in [2.24, 2.45) is 4.99 Å². The van der Waals surface area contributed by atoms with E-state index in [4.69, 9.17) is 5.26 Å². The molecule has 1 fully saturated rings. The molecule has 1 atom stereocenters. The van der Waals surface area contributed by atoms with E-state index in [1.54, 1.807) is 21.9 Å². The van der Waals surface area contributed by atoms with Gasteiger partial charge in [-0.3, -0.25) is 4.79 Å². The Morgan fingerprint density at radius 2 is 2.08 bits per heavy atom. The maximum absolute atomic E-state index is 13.0. The smallest absolute Gasteiger partial charge is 0.257 e. The number of rotatable bonds is 2. The number of fused-ring (bicyclic) bond motifs is 1. The molecule has 0 aliphatic carbocycles. The van der Waals surface area contributed by atoms with Gasteiger partial charge in [0.1, 0.15) is 17.5 Å². The number of para-hydroxylation sites is 1. The average Bonchev–Trinajstić information content (AvgIpc) is 3.21. The molecule has 0 unspecified atom stereocenters. The summed E-state index contributed by atoms with van der Waals surface area (Å²) < 4.78 is 0.773. The molecular weight excluding hydrogens is 396 g/mol. The van der Waals surface area contributed by atoms with Gasteiger partial charge in [0.15, 0.2) is 0 Å². The molecule has 2 aromatic rings. The average molecular weight is 409 g/mol. The summed E-state index contributed by atoms with van der Waals surface area (Å²) >= 11 is 3.49. The normalized spacial score (nSPS) is 19.9. The third-order valence-corrected chi connectivity index (χ3v) is 4.99. The first kappa shape index (κ1) is 16.4. The Morgan fingerprint density at radius 3 is 2.81 bits per heavy atom. The topological polar surface area (TPSA) is 79.9 Å². The van der Waals surface area contributed by atoms with E-state index < -0.39 is 0 Å². The van der Waals surface area contributed by atoms with E-state index in [-0.39, 0.29) is 17.7 Å². The highest BCUT2D eigenvalue weighted by Crippen LogP contribution is 2.37. The summed E-state index contributed by atoms with van der Waals surface area (Å²) in [5.74, 6) is 0.233. The van der Waals surface area contributed by atoms with E-state index in [9.17, 15) is 9.90 Å². The summed E-state index contributed by atoms with van der Waals surface area (Å²) in [4.78, 5) is 20.9. The predicted molar refractivity (Wildman–Crippen MR) is 101 cm³/mol. The first-order valence-electron chi connectivity index (χ1n) is 7.95. The van der Waals surface area contributed by atoms with Gasteiger partial charge in [0.05, 0.1) is 17.3 Å². The van der Waals surface area contributed by atoms with Crippen molar-refractivity contribution < 1.29 is 9.90 Å². The SMILES string of the molecule is N#Cc1ccc(N=C2N(c3ccccc3Br)C(=O)[C@@H]3CC=CN23)c(O)c1. The number of aliphatic imine (C=N–C) groups is 1. The number of phenolic OH excluding ortho intramolecular Hbond substituents is 1. The van der Waals surface area contributed by atoms with Crippen LogP contribution in [-0.4, -0.2) is 27.9 Å². The summed E-state index contributed by atoms with van der Waals surface area (Å²) in [7, 11) is 0. The van der Waals surface area contributed by atoms with Gasteiger partial charge in [0.2, 0.25) is 5.96 Å². The van der Waals surface area contributed by atoms with Crippen LogP contribution < -0.4 is 4.90 Å². The minimum absolute atomic E-state index is 0.0752. The van der Waals surface area contributed by atoms with Crippen LogP contribution in [-0.2, 0) is 4.79 Å². The zero-order valence-corrected chi connectivity index (χ0v) is 15.1. The minimum Gasteiger partial charge on any atom is -0.506 e. The molecular formula is C19H13BrN4O2. The molecule has 1 amide bonds. The van der Waals surface area contributed by atoms with Gasteiger partial charge in [-0.1, -0.05) is 18.2 Å². The van der Waals surface area contributed by atoms with Crippen LogP contribution in [0.5, 0.6) is 5.75 Å². The number of benzene rings is 2. The molecule has 128 valence electrons. The number of carbonyl (C=O) groups excluding carboxylic acids is 1. The highest BCUT2D eigenvalue weighted by Gasteiger charge is 2.45. The van der Waals surface area contributed by atoms with Crippen LogP contribution in [0, 0.1) is 11.3 Å². The molecule has 4 rings (SSSR count). The van der Waals surface area contributed by atoms with Crippen LogP contribution in [0.25, 0.3) is 0 Å². The van der Waals surface area contributed by atoms with Gasteiger partial charge in [0, 0.05) is 10.7 Å². The first-order chi connectivity index (χ1) is 12.6. The molecule has 0 saturated carbocycles. The van der Waals surface area contributed by atoms with Gasteiger partial charge in [0.25, 0.3) is 5.91 Å². The molecule has 1 saturated heterocycles. The molecule has 0 aromatic heterocycles. The van der Waals surface area contributed by atoms with Gasteiger partial charge in [-0.15, -0.1) is 0 Å². The van der Waals surface area contributed by atoms with Crippen molar-refractivity contribution >= 4 is 39.2 Å². The highest BCUT2D eigenvalue weighted by molar-refractivity contribution is 9.10. The maximum Gasteiger partial charge on any atom is 0.257 e. The molecule has 2 aromatic carbocycles. The molecule has 0 spiro atoms. The monoisotopic (exact) mass is 408 g/mol. The van der Waals surface area contributed by atoms with E-state index in [0.29, 0.717) is 29.3 Å². The second-order valence-corrected chi connectivity index (χ2v) is 6.75. The molecule has 0 bridgehead atoms. The van der Waals surface area contributed by atoms with Crippen LogP contribution in [0.4, 0.5) is 11.4 Å². The summed E-state index contributed by atoms with van der Waals surface area (Å²) in [6, 6.07) is 13.6. The van der Waals surface area contributed by atoms with Crippen molar-refractivity contribution in [1.82, 2.24) is 4.90 Å². The fraction of sp³-hybridized carbons (Fsp3) is 0.105. The van der Waals surface area contributed by atoms with E-state index in [0.717, 1.165) is 4.47 Å². The predicted octanol–water partition coefficient (Wildman–Crippen LogP) is 3.65. The number of guanidine groups is 1. The number of carbonyl (C=O) groups is 1. The third-order valence-electron chi connectivity index (χ3n) is 4.32. The standard InChI is InChI=1S/C19H13BrN4O2/c20-13-4-1-2-5-15(13)24-18(26)16-6-3-9-23(16)19(24)22-14-8-7-12(11-21)10-17(14)25/h1-5,7-10,16,25H,6H2/t16-/m0/s1. The Morgan fingerprint density at radius 1 is 1.27 bits per heavy atom. The molecule has 7 heteroatoms.